The normalized spacial score (nSPS) is 14.1. The van der Waals surface area contributed by atoms with Crippen molar-refractivity contribution < 1.29 is 4.79 Å². The fourth-order valence-corrected chi connectivity index (χ4v) is 1.39. The third-order valence-corrected chi connectivity index (χ3v) is 1.99. The summed E-state index contributed by atoms with van der Waals surface area (Å²) in [6, 6.07) is 0.313. The number of Topliss-reactive ketones (excluding diaryl/α,β-unsaturated/α-hetero) is 1. The number of likely N-dealkylation sites (N-methyl/N-ethyl adjacent to an activating group) is 1. The molecular weight excluding hydrogens is 176 g/mol. The molecule has 14 heavy (non-hydrogen) atoms. The topological polar surface area (TPSA) is 32.3 Å². The van der Waals surface area contributed by atoms with E-state index in [0.29, 0.717) is 11.8 Å². The lowest BCUT2D eigenvalue weighted by molar-refractivity contribution is -0.124. The Morgan fingerprint density at radius 1 is 1.21 bits per heavy atom. The van der Waals surface area contributed by atoms with E-state index in [-0.39, 0.29) is 12.0 Å². The molecule has 0 aromatic carbocycles. The second-order valence-electron chi connectivity index (χ2n) is 4.69. The average molecular weight is 200 g/mol. The van der Waals surface area contributed by atoms with Crippen LogP contribution < -0.4 is 5.32 Å². The third kappa shape index (κ3) is 5.35. The smallest absolute Gasteiger partial charge is 0.153 e. The molecule has 0 rings (SSSR count). The summed E-state index contributed by atoms with van der Waals surface area (Å²) in [6.45, 7) is 8.81. The van der Waals surface area contributed by atoms with Crippen LogP contribution >= 0.6 is 0 Å². The van der Waals surface area contributed by atoms with E-state index in [4.69, 9.17) is 0 Å². The summed E-state index contributed by atoms with van der Waals surface area (Å²) in [5.74, 6) is 0.401. The highest BCUT2D eigenvalue weighted by Crippen LogP contribution is 2.02. The van der Waals surface area contributed by atoms with Gasteiger partial charge in [0, 0.05) is 18.5 Å². The number of carbonyl (C=O) groups is 1. The predicted molar refractivity (Wildman–Crippen MR) is 60.5 cm³/mol. The first kappa shape index (κ1) is 13.6. The van der Waals surface area contributed by atoms with Crippen molar-refractivity contribution in [3.8, 4) is 0 Å². The van der Waals surface area contributed by atoms with Crippen molar-refractivity contribution in [1.82, 2.24) is 10.2 Å². The van der Waals surface area contributed by atoms with E-state index in [1.54, 1.807) is 0 Å². The van der Waals surface area contributed by atoms with Crippen molar-refractivity contribution in [2.24, 2.45) is 5.92 Å². The van der Waals surface area contributed by atoms with E-state index in [1.165, 1.54) is 0 Å². The van der Waals surface area contributed by atoms with Gasteiger partial charge in [-0.1, -0.05) is 27.7 Å². The second-order valence-corrected chi connectivity index (χ2v) is 4.69. The van der Waals surface area contributed by atoms with Gasteiger partial charge in [-0.25, -0.2) is 0 Å². The van der Waals surface area contributed by atoms with Crippen LogP contribution in [0.4, 0.5) is 0 Å². The van der Waals surface area contributed by atoms with Gasteiger partial charge in [0.05, 0.1) is 6.04 Å². The van der Waals surface area contributed by atoms with Gasteiger partial charge in [-0.3, -0.25) is 4.79 Å². The molecule has 0 aliphatic carbocycles. The number of nitrogens with zero attached hydrogens (tertiary/aromatic N) is 1. The molecule has 0 saturated carbocycles. The number of ketones is 1. The van der Waals surface area contributed by atoms with Gasteiger partial charge in [0.25, 0.3) is 0 Å². The molecule has 1 atom stereocenters. The number of hydrogen-bond acceptors (Lipinski definition) is 3. The molecule has 0 amide bonds. The molecule has 0 aliphatic heterocycles. The van der Waals surface area contributed by atoms with Crippen LogP contribution in [0.3, 0.4) is 0 Å². The van der Waals surface area contributed by atoms with Gasteiger partial charge in [0.1, 0.15) is 0 Å². The molecule has 84 valence electrons. The van der Waals surface area contributed by atoms with Gasteiger partial charge in [-0.15, -0.1) is 0 Å². The highest BCUT2D eigenvalue weighted by atomic mass is 16.1. The van der Waals surface area contributed by atoms with Crippen LogP contribution in [0.1, 0.15) is 27.7 Å². The summed E-state index contributed by atoms with van der Waals surface area (Å²) < 4.78 is 0. The van der Waals surface area contributed by atoms with Gasteiger partial charge >= 0.3 is 0 Å². The molecular formula is C11H24N2O. The van der Waals surface area contributed by atoms with E-state index >= 15 is 0 Å². The van der Waals surface area contributed by atoms with Gasteiger partial charge < -0.3 is 10.2 Å². The molecule has 0 radical (unpaired) electrons. The largest absolute Gasteiger partial charge is 0.307 e. The Labute approximate surface area is 87.9 Å². The zero-order chi connectivity index (χ0) is 11.3. The standard InChI is InChI=1S/C11H24N2O/c1-8(2)11(14)10(7-13(5)6)12-9(3)4/h8-10,12H,7H2,1-6H3. The van der Waals surface area contributed by atoms with Crippen molar-refractivity contribution in [1.29, 1.82) is 0 Å². The lowest BCUT2D eigenvalue weighted by Gasteiger charge is -2.24. The molecule has 0 aromatic rings. The zero-order valence-corrected chi connectivity index (χ0v) is 10.3. The first-order valence-corrected chi connectivity index (χ1v) is 5.29. The summed E-state index contributed by atoms with van der Waals surface area (Å²) in [7, 11) is 3.98. The van der Waals surface area contributed by atoms with Gasteiger partial charge in [-0.2, -0.15) is 0 Å². The molecule has 1 unspecified atom stereocenters. The van der Waals surface area contributed by atoms with Crippen molar-refractivity contribution in [3.63, 3.8) is 0 Å². The van der Waals surface area contributed by atoms with Crippen molar-refractivity contribution in [3.05, 3.63) is 0 Å². The average Bonchev–Trinajstić information content (AvgIpc) is 1.99. The molecule has 0 bridgehead atoms. The molecule has 0 saturated heterocycles. The molecule has 0 heterocycles. The molecule has 0 aromatic heterocycles. The second kappa shape index (κ2) is 6.14. The molecule has 1 N–H and O–H groups in total. The van der Waals surface area contributed by atoms with Crippen LogP contribution in [0.25, 0.3) is 0 Å². The molecule has 0 aliphatic rings. The maximum Gasteiger partial charge on any atom is 0.153 e. The Kier molecular flexibility index (Phi) is 5.96. The Balaban J connectivity index is 4.31. The van der Waals surface area contributed by atoms with Crippen LogP contribution in [0.2, 0.25) is 0 Å². The maximum atomic E-state index is 11.8. The number of nitrogens with one attached hydrogen (secondary N) is 1. The lowest BCUT2D eigenvalue weighted by atomic mass is 10.0. The molecule has 3 nitrogen and oxygen atoms in total. The SMILES string of the molecule is CC(C)NC(CN(C)C)C(=O)C(C)C. The van der Waals surface area contributed by atoms with Gasteiger partial charge in [0.2, 0.25) is 0 Å². The predicted octanol–water partition coefficient (Wildman–Crippen LogP) is 1.14. The summed E-state index contributed by atoms with van der Waals surface area (Å²) in [4.78, 5) is 13.9. The summed E-state index contributed by atoms with van der Waals surface area (Å²) in [6.07, 6.45) is 0. The van der Waals surface area contributed by atoms with E-state index < -0.39 is 0 Å². The van der Waals surface area contributed by atoms with E-state index in [1.807, 2.05) is 32.8 Å². The van der Waals surface area contributed by atoms with E-state index in [0.717, 1.165) is 6.54 Å². The Bertz CT molecular complexity index is 166. The van der Waals surface area contributed by atoms with Gasteiger partial charge in [-0.05, 0) is 14.1 Å². The summed E-state index contributed by atoms with van der Waals surface area (Å²) in [5, 5.41) is 3.30. The van der Waals surface area contributed by atoms with Crippen molar-refractivity contribution in [2.45, 2.75) is 39.8 Å². The summed E-state index contributed by atoms with van der Waals surface area (Å²) >= 11 is 0. The summed E-state index contributed by atoms with van der Waals surface area (Å²) in [5.41, 5.74) is 0. The van der Waals surface area contributed by atoms with Crippen LogP contribution in [-0.2, 0) is 4.79 Å². The molecule has 0 fully saturated rings. The first-order chi connectivity index (χ1) is 6.34. The molecule has 0 spiro atoms. The minimum atomic E-state index is -0.0370. The zero-order valence-electron chi connectivity index (χ0n) is 10.3. The van der Waals surface area contributed by atoms with Crippen molar-refractivity contribution >= 4 is 5.78 Å². The Hall–Kier alpha value is -0.410. The minimum absolute atomic E-state index is 0.0370. The van der Waals surface area contributed by atoms with Gasteiger partial charge in [0.15, 0.2) is 5.78 Å². The molecule has 3 heteroatoms. The quantitative estimate of drug-likeness (QED) is 0.698. The van der Waals surface area contributed by atoms with Crippen LogP contribution in [0, 0.1) is 5.92 Å². The van der Waals surface area contributed by atoms with Crippen LogP contribution in [0.15, 0.2) is 0 Å². The number of hydrogen-bond donors (Lipinski definition) is 1. The van der Waals surface area contributed by atoms with Crippen LogP contribution in [0.5, 0.6) is 0 Å². The number of carbonyl (C=O) groups excluding carboxylic acids is 1. The Morgan fingerprint density at radius 2 is 1.71 bits per heavy atom. The minimum Gasteiger partial charge on any atom is -0.307 e. The highest BCUT2D eigenvalue weighted by molar-refractivity contribution is 5.86. The van der Waals surface area contributed by atoms with Crippen LogP contribution in [-0.4, -0.2) is 43.4 Å². The number of rotatable bonds is 6. The lowest BCUT2D eigenvalue weighted by Crippen LogP contribution is -2.48. The maximum absolute atomic E-state index is 11.8. The first-order valence-electron chi connectivity index (χ1n) is 5.29. The highest BCUT2D eigenvalue weighted by Gasteiger charge is 2.21. The van der Waals surface area contributed by atoms with E-state index in [2.05, 4.69) is 19.2 Å². The fraction of sp³-hybridized carbons (Fsp3) is 0.909. The Morgan fingerprint density at radius 3 is 2.00 bits per heavy atom. The monoisotopic (exact) mass is 200 g/mol. The van der Waals surface area contributed by atoms with E-state index in [9.17, 15) is 4.79 Å². The third-order valence-electron chi connectivity index (χ3n) is 1.99. The van der Waals surface area contributed by atoms with Crippen molar-refractivity contribution in [2.75, 3.05) is 20.6 Å². The fourth-order valence-electron chi connectivity index (χ4n) is 1.39.